The van der Waals surface area contributed by atoms with Gasteiger partial charge in [-0.05, 0) is 55.9 Å². The fourth-order valence-corrected chi connectivity index (χ4v) is 6.52. The molecule has 5 N–H and O–H groups in total. The van der Waals surface area contributed by atoms with Crippen LogP contribution in [0.15, 0.2) is 12.3 Å². The number of likely N-dealkylation sites (tertiary alicyclic amines) is 1. The Kier molecular flexibility index (Phi) is 9.64. The quantitative estimate of drug-likeness (QED) is 0.278. The number of hydrogen-bond acceptors (Lipinski definition) is 6. The highest BCUT2D eigenvalue weighted by atomic mass is 16.5. The van der Waals surface area contributed by atoms with Gasteiger partial charge >= 0.3 is 6.03 Å². The van der Waals surface area contributed by atoms with Crippen LogP contribution in [-0.2, 0) is 23.9 Å². The third-order valence-electron chi connectivity index (χ3n) is 8.97. The number of carbonyl (C=O) groups excluding carboxylic acids is 5. The van der Waals surface area contributed by atoms with Crippen LogP contribution in [-0.4, -0.2) is 71.3 Å². The van der Waals surface area contributed by atoms with Crippen LogP contribution in [0.3, 0.4) is 0 Å². The molecular weight excluding hydrogens is 526 g/mol. The molecular formula is C30H47N5O6. The van der Waals surface area contributed by atoms with Crippen molar-refractivity contribution in [3.63, 3.8) is 0 Å². The lowest BCUT2D eigenvalue weighted by molar-refractivity contribution is -0.143. The topological polar surface area (TPSA) is 160 Å². The predicted molar refractivity (Wildman–Crippen MR) is 152 cm³/mol. The number of urea groups is 1. The van der Waals surface area contributed by atoms with E-state index in [0.717, 1.165) is 51.4 Å². The SMILES string of the molecule is CC(C)(C)[C@H](NC(=O)NC1(CC2C=COC2)CCCCC1)C(=O)N1CCC[C@H]1C(=O)NC(CC1CC1)C(=O)C(N)=O. The molecule has 11 nitrogen and oxygen atoms in total. The molecule has 0 radical (unpaired) electrons. The van der Waals surface area contributed by atoms with Gasteiger partial charge in [0.05, 0.1) is 18.9 Å². The van der Waals surface area contributed by atoms with Gasteiger partial charge in [0.25, 0.3) is 5.91 Å². The highest BCUT2D eigenvalue weighted by Gasteiger charge is 2.44. The summed E-state index contributed by atoms with van der Waals surface area (Å²) < 4.78 is 5.41. The van der Waals surface area contributed by atoms with Gasteiger partial charge in [-0.3, -0.25) is 19.2 Å². The third kappa shape index (κ3) is 8.01. The lowest BCUT2D eigenvalue weighted by Gasteiger charge is -2.41. The van der Waals surface area contributed by atoms with E-state index in [1.165, 1.54) is 4.90 Å². The fourth-order valence-electron chi connectivity index (χ4n) is 6.52. The molecule has 0 aromatic rings. The average Bonchev–Trinajstić information content (AvgIpc) is 3.34. The maximum absolute atomic E-state index is 13.9. The Morgan fingerprint density at radius 1 is 1.02 bits per heavy atom. The first kappa shape index (κ1) is 30.8. The van der Waals surface area contributed by atoms with E-state index in [9.17, 15) is 24.0 Å². The molecule has 4 atom stereocenters. The summed E-state index contributed by atoms with van der Waals surface area (Å²) >= 11 is 0. The van der Waals surface area contributed by atoms with E-state index in [1.54, 1.807) is 6.26 Å². The molecule has 41 heavy (non-hydrogen) atoms. The Morgan fingerprint density at radius 2 is 1.73 bits per heavy atom. The Labute approximate surface area is 242 Å². The van der Waals surface area contributed by atoms with Gasteiger partial charge in [0, 0.05) is 18.0 Å². The molecule has 11 heteroatoms. The monoisotopic (exact) mass is 573 g/mol. The van der Waals surface area contributed by atoms with E-state index in [4.69, 9.17) is 10.5 Å². The molecule has 0 bridgehead atoms. The molecule has 4 rings (SSSR count). The minimum absolute atomic E-state index is 0.238. The maximum Gasteiger partial charge on any atom is 0.315 e. The van der Waals surface area contributed by atoms with E-state index in [0.29, 0.717) is 32.4 Å². The van der Waals surface area contributed by atoms with Crippen LogP contribution >= 0.6 is 0 Å². The lowest BCUT2D eigenvalue weighted by Crippen LogP contribution is -2.62. The Balaban J connectivity index is 1.44. The second-order valence-corrected chi connectivity index (χ2v) is 13.5. The number of ether oxygens (including phenoxy) is 1. The van der Waals surface area contributed by atoms with Crippen molar-refractivity contribution in [2.24, 2.45) is 23.0 Å². The Bertz CT molecular complexity index is 1040. The molecule has 2 unspecified atom stereocenters. The van der Waals surface area contributed by atoms with Crippen LogP contribution in [0.4, 0.5) is 4.79 Å². The number of amides is 5. The maximum atomic E-state index is 13.9. The van der Waals surface area contributed by atoms with Crippen LogP contribution in [0.1, 0.15) is 91.4 Å². The number of carbonyl (C=O) groups is 5. The van der Waals surface area contributed by atoms with Crippen molar-refractivity contribution in [3.8, 4) is 0 Å². The van der Waals surface area contributed by atoms with Gasteiger partial charge < -0.3 is 31.3 Å². The molecule has 0 aromatic carbocycles. The number of rotatable bonds is 11. The molecule has 3 fully saturated rings. The fraction of sp³-hybridized carbons (Fsp3) is 0.767. The molecule has 0 spiro atoms. The van der Waals surface area contributed by atoms with Crippen molar-refractivity contribution >= 4 is 29.5 Å². The van der Waals surface area contributed by atoms with E-state index in [-0.39, 0.29) is 29.3 Å². The van der Waals surface area contributed by atoms with Crippen LogP contribution in [0.2, 0.25) is 0 Å². The number of nitrogens with zero attached hydrogens (tertiary/aromatic N) is 1. The predicted octanol–water partition coefficient (Wildman–Crippen LogP) is 2.28. The number of nitrogens with two attached hydrogens (primary N) is 1. The van der Waals surface area contributed by atoms with Crippen LogP contribution in [0.5, 0.6) is 0 Å². The molecule has 2 aliphatic heterocycles. The molecule has 228 valence electrons. The number of ketones is 1. The summed E-state index contributed by atoms with van der Waals surface area (Å²) in [6, 6.07) is -3.04. The van der Waals surface area contributed by atoms with Gasteiger partial charge in [0.2, 0.25) is 17.6 Å². The molecule has 5 amide bonds. The van der Waals surface area contributed by atoms with Gasteiger partial charge in [-0.15, -0.1) is 0 Å². The largest absolute Gasteiger partial charge is 0.501 e. The van der Waals surface area contributed by atoms with Crippen molar-refractivity contribution < 1.29 is 28.7 Å². The van der Waals surface area contributed by atoms with E-state index >= 15 is 0 Å². The van der Waals surface area contributed by atoms with Gasteiger partial charge in [-0.25, -0.2) is 4.79 Å². The first-order chi connectivity index (χ1) is 19.4. The van der Waals surface area contributed by atoms with Crippen molar-refractivity contribution in [1.29, 1.82) is 0 Å². The summed E-state index contributed by atoms with van der Waals surface area (Å²) in [6.07, 6.45) is 12.8. The molecule has 2 heterocycles. The van der Waals surface area contributed by atoms with Crippen molar-refractivity contribution in [2.45, 2.75) is 115 Å². The highest BCUT2D eigenvalue weighted by Crippen LogP contribution is 2.36. The second-order valence-electron chi connectivity index (χ2n) is 13.5. The summed E-state index contributed by atoms with van der Waals surface area (Å²) in [7, 11) is 0. The van der Waals surface area contributed by atoms with Crippen LogP contribution in [0.25, 0.3) is 0 Å². The van der Waals surface area contributed by atoms with Gasteiger partial charge in [-0.1, -0.05) is 52.9 Å². The van der Waals surface area contributed by atoms with E-state index < -0.39 is 41.1 Å². The normalized spacial score (nSPS) is 25.1. The van der Waals surface area contributed by atoms with Crippen molar-refractivity contribution in [3.05, 3.63) is 12.3 Å². The summed E-state index contributed by atoms with van der Waals surface area (Å²) in [5.74, 6) is -2.18. The molecule has 0 aromatic heterocycles. The number of nitrogens with one attached hydrogen (secondary N) is 3. The zero-order chi connectivity index (χ0) is 29.8. The zero-order valence-corrected chi connectivity index (χ0v) is 24.7. The van der Waals surface area contributed by atoms with Crippen LogP contribution in [0, 0.1) is 17.3 Å². The molecule has 2 aliphatic carbocycles. The van der Waals surface area contributed by atoms with E-state index in [1.807, 2.05) is 26.8 Å². The van der Waals surface area contributed by atoms with Gasteiger partial charge in [0.15, 0.2) is 0 Å². The van der Waals surface area contributed by atoms with E-state index in [2.05, 4.69) is 16.0 Å². The number of hydrogen-bond donors (Lipinski definition) is 4. The zero-order valence-electron chi connectivity index (χ0n) is 24.7. The lowest BCUT2D eigenvalue weighted by atomic mass is 9.76. The average molecular weight is 574 g/mol. The Hall–Kier alpha value is -3.11. The highest BCUT2D eigenvalue weighted by molar-refractivity contribution is 6.37. The second kappa shape index (κ2) is 12.8. The minimum Gasteiger partial charge on any atom is -0.501 e. The number of primary amides is 1. The third-order valence-corrected chi connectivity index (χ3v) is 8.97. The van der Waals surface area contributed by atoms with Crippen molar-refractivity contribution in [2.75, 3.05) is 13.2 Å². The molecule has 4 aliphatic rings. The summed E-state index contributed by atoms with van der Waals surface area (Å²) in [5.41, 5.74) is 4.24. The summed E-state index contributed by atoms with van der Waals surface area (Å²) in [4.78, 5) is 66.2. The first-order valence-corrected chi connectivity index (χ1v) is 15.2. The number of Topliss-reactive ketones (excluding diaryl/α,β-unsaturated/α-hetero) is 1. The van der Waals surface area contributed by atoms with Crippen LogP contribution < -0.4 is 21.7 Å². The first-order valence-electron chi connectivity index (χ1n) is 15.2. The molecule has 2 saturated carbocycles. The smallest absolute Gasteiger partial charge is 0.315 e. The molecule has 1 saturated heterocycles. The van der Waals surface area contributed by atoms with Crippen molar-refractivity contribution in [1.82, 2.24) is 20.9 Å². The Morgan fingerprint density at radius 3 is 2.32 bits per heavy atom. The van der Waals surface area contributed by atoms with Gasteiger partial charge in [0.1, 0.15) is 12.1 Å². The van der Waals surface area contributed by atoms with Gasteiger partial charge in [-0.2, -0.15) is 0 Å². The summed E-state index contributed by atoms with van der Waals surface area (Å²) in [5, 5.41) is 8.91. The summed E-state index contributed by atoms with van der Waals surface area (Å²) in [6.45, 7) is 6.63. The standard InChI is InChI=1S/C30H47N5O6/c1-29(2,3)24(33-28(40)34-30(12-5-4-6-13-30)17-20-11-15-41-18-20)27(39)35-14-7-8-22(35)26(38)32-21(16-19-9-10-19)23(36)25(31)37/h11,15,19-22,24H,4-10,12-14,16-18H2,1-3H3,(H2,31,37)(H,32,38)(H2,33,34,40)/t20?,21?,22-,24+/m0/s1. The minimum atomic E-state index is -1.08.